The SMILES string of the molecule is CCN1C(=O)[C@@]2(C(C#N)=C(N)OC3=C2C(=O)C[C@H](C)C3)c2ccccc21. The highest BCUT2D eigenvalue weighted by Gasteiger charge is 2.62. The summed E-state index contributed by atoms with van der Waals surface area (Å²) in [6, 6.07) is 9.35. The third-order valence-electron chi connectivity index (χ3n) is 5.45. The van der Waals surface area contributed by atoms with Crippen LogP contribution in [0.25, 0.3) is 0 Å². The van der Waals surface area contributed by atoms with Gasteiger partial charge in [0.15, 0.2) is 5.78 Å². The van der Waals surface area contributed by atoms with Gasteiger partial charge in [-0.1, -0.05) is 25.1 Å². The van der Waals surface area contributed by atoms with Gasteiger partial charge in [-0.05, 0) is 18.9 Å². The molecule has 0 unspecified atom stereocenters. The predicted molar refractivity (Wildman–Crippen MR) is 94.5 cm³/mol. The van der Waals surface area contributed by atoms with Crippen molar-refractivity contribution in [2.45, 2.75) is 32.1 Å². The van der Waals surface area contributed by atoms with Gasteiger partial charge in [0.2, 0.25) is 11.8 Å². The molecule has 132 valence electrons. The maximum absolute atomic E-state index is 13.6. The molecule has 0 aromatic heterocycles. The van der Waals surface area contributed by atoms with Crippen LogP contribution in [0.15, 0.2) is 47.1 Å². The molecular weight excluding hydrogens is 330 g/mol. The van der Waals surface area contributed by atoms with Crippen LogP contribution in [-0.2, 0) is 19.7 Å². The molecule has 1 aromatic rings. The summed E-state index contributed by atoms with van der Waals surface area (Å²) >= 11 is 0. The summed E-state index contributed by atoms with van der Waals surface area (Å²) in [5.74, 6) is -0.0242. The van der Waals surface area contributed by atoms with Gasteiger partial charge in [-0.25, -0.2) is 0 Å². The maximum Gasteiger partial charge on any atom is 0.247 e. The minimum absolute atomic E-state index is 0.00699. The van der Waals surface area contributed by atoms with E-state index in [2.05, 4.69) is 6.07 Å². The number of rotatable bonds is 1. The van der Waals surface area contributed by atoms with E-state index < -0.39 is 5.41 Å². The van der Waals surface area contributed by atoms with Crippen molar-refractivity contribution in [1.29, 1.82) is 5.26 Å². The molecule has 3 aliphatic rings. The molecule has 2 atom stereocenters. The van der Waals surface area contributed by atoms with Crippen LogP contribution in [0.4, 0.5) is 5.69 Å². The van der Waals surface area contributed by atoms with Crippen LogP contribution in [0.5, 0.6) is 0 Å². The van der Waals surface area contributed by atoms with Crippen LogP contribution in [0.2, 0.25) is 0 Å². The highest BCUT2D eigenvalue weighted by molar-refractivity contribution is 6.20. The molecule has 6 heteroatoms. The monoisotopic (exact) mass is 349 g/mol. The Morgan fingerprint density at radius 1 is 1.35 bits per heavy atom. The molecule has 0 radical (unpaired) electrons. The summed E-state index contributed by atoms with van der Waals surface area (Å²) in [6.45, 7) is 4.26. The second-order valence-corrected chi connectivity index (χ2v) is 7.00. The third-order valence-corrected chi connectivity index (χ3v) is 5.45. The third kappa shape index (κ3) is 1.80. The number of ether oxygens (including phenoxy) is 1. The number of benzene rings is 1. The number of para-hydroxylation sites is 1. The highest BCUT2D eigenvalue weighted by atomic mass is 16.5. The lowest BCUT2D eigenvalue weighted by Crippen LogP contribution is -2.49. The predicted octanol–water partition coefficient (Wildman–Crippen LogP) is 2.27. The van der Waals surface area contributed by atoms with Crippen LogP contribution in [-0.4, -0.2) is 18.2 Å². The molecule has 1 spiro atoms. The number of nitriles is 1. The lowest BCUT2D eigenvalue weighted by Gasteiger charge is -2.38. The summed E-state index contributed by atoms with van der Waals surface area (Å²) in [5, 5.41) is 9.85. The molecule has 4 rings (SSSR count). The van der Waals surface area contributed by atoms with E-state index >= 15 is 0 Å². The van der Waals surface area contributed by atoms with Crippen molar-refractivity contribution in [3.63, 3.8) is 0 Å². The van der Waals surface area contributed by atoms with Gasteiger partial charge in [0, 0.05) is 30.6 Å². The van der Waals surface area contributed by atoms with Crippen molar-refractivity contribution in [3.05, 3.63) is 52.6 Å². The summed E-state index contributed by atoms with van der Waals surface area (Å²) in [4.78, 5) is 28.3. The normalized spacial score (nSPS) is 27.4. The number of likely N-dealkylation sites (N-methyl/N-ethyl adjacent to an activating group) is 1. The number of anilines is 1. The Morgan fingerprint density at radius 2 is 2.08 bits per heavy atom. The van der Waals surface area contributed by atoms with Crippen LogP contribution in [0.3, 0.4) is 0 Å². The van der Waals surface area contributed by atoms with Crippen molar-refractivity contribution in [1.82, 2.24) is 0 Å². The summed E-state index contributed by atoms with van der Waals surface area (Å²) in [5.41, 5.74) is 6.21. The Morgan fingerprint density at radius 3 is 2.77 bits per heavy atom. The summed E-state index contributed by atoms with van der Waals surface area (Å²) in [6.07, 6.45) is 0.841. The minimum atomic E-state index is -1.49. The fourth-order valence-electron chi connectivity index (χ4n) is 4.46. The zero-order valence-corrected chi connectivity index (χ0v) is 14.7. The van der Waals surface area contributed by atoms with Crippen LogP contribution in [0.1, 0.15) is 32.3 Å². The number of hydrogen-bond donors (Lipinski definition) is 1. The topological polar surface area (TPSA) is 96.4 Å². The highest BCUT2D eigenvalue weighted by Crippen LogP contribution is 2.55. The number of Topliss-reactive ketones (excluding diaryl/α,β-unsaturated/α-hetero) is 1. The van der Waals surface area contributed by atoms with E-state index in [0.717, 1.165) is 0 Å². The number of carbonyl (C=O) groups excluding carboxylic acids is 2. The number of carbonyl (C=O) groups is 2. The Labute approximate surface area is 151 Å². The van der Waals surface area contributed by atoms with Crippen LogP contribution >= 0.6 is 0 Å². The van der Waals surface area contributed by atoms with Crippen molar-refractivity contribution in [2.24, 2.45) is 11.7 Å². The zero-order chi connectivity index (χ0) is 18.6. The van der Waals surface area contributed by atoms with Crippen molar-refractivity contribution in [2.75, 3.05) is 11.4 Å². The molecule has 1 amide bonds. The lowest BCUT2D eigenvalue weighted by molar-refractivity contribution is -0.125. The fraction of sp³-hybridized carbons (Fsp3) is 0.350. The molecule has 0 saturated heterocycles. The molecular formula is C20H19N3O3. The molecule has 0 fully saturated rings. The number of nitrogens with two attached hydrogens (primary N) is 1. The van der Waals surface area contributed by atoms with Gasteiger partial charge in [0.25, 0.3) is 0 Å². The van der Waals surface area contributed by atoms with Crippen molar-refractivity contribution >= 4 is 17.4 Å². The average molecular weight is 349 g/mol. The summed E-state index contributed by atoms with van der Waals surface area (Å²) in [7, 11) is 0. The van der Waals surface area contributed by atoms with E-state index in [1.807, 2.05) is 32.0 Å². The zero-order valence-electron chi connectivity index (χ0n) is 14.7. The first kappa shape index (κ1) is 16.4. The molecule has 2 aliphatic heterocycles. The molecule has 0 saturated carbocycles. The Hall–Kier alpha value is -3.07. The standard InChI is InChI=1S/C20H19N3O3/c1-3-23-14-7-5-4-6-12(14)20(19(23)25)13(10-21)18(22)26-16-9-11(2)8-15(24)17(16)20/h4-7,11H,3,8-9,22H2,1-2H3/t11-,20+/m0/s1. The van der Waals surface area contributed by atoms with E-state index in [9.17, 15) is 14.9 Å². The Balaban J connectivity index is 2.12. The largest absolute Gasteiger partial charge is 0.444 e. The summed E-state index contributed by atoms with van der Waals surface area (Å²) < 4.78 is 5.68. The number of fused-ring (bicyclic) bond motifs is 3. The van der Waals surface area contributed by atoms with Gasteiger partial charge in [-0.3, -0.25) is 9.59 Å². The smallest absolute Gasteiger partial charge is 0.247 e. The number of amides is 1. The second-order valence-electron chi connectivity index (χ2n) is 7.00. The number of ketones is 1. The van der Waals surface area contributed by atoms with Gasteiger partial charge in [-0.15, -0.1) is 0 Å². The van der Waals surface area contributed by atoms with Gasteiger partial charge < -0.3 is 15.4 Å². The first-order chi connectivity index (χ1) is 12.5. The van der Waals surface area contributed by atoms with Gasteiger partial charge in [0.1, 0.15) is 22.8 Å². The maximum atomic E-state index is 13.6. The van der Waals surface area contributed by atoms with E-state index in [0.29, 0.717) is 36.4 Å². The first-order valence-electron chi connectivity index (χ1n) is 8.73. The minimum Gasteiger partial charge on any atom is -0.444 e. The van der Waals surface area contributed by atoms with Crippen molar-refractivity contribution < 1.29 is 14.3 Å². The fourth-order valence-corrected chi connectivity index (χ4v) is 4.46. The van der Waals surface area contributed by atoms with E-state index in [1.165, 1.54) is 0 Å². The van der Waals surface area contributed by atoms with Gasteiger partial charge >= 0.3 is 0 Å². The molecule has 1 aromatic carbocycles. The quantitative estimate of drug-likeness (QED) is 0.839. The molecule has 2 N–H and O–H groups in total. The van der Waals surface area contributed by atoms with Crippen molar-refractivity contribution in [3.8, 4) is 6.07 Å². The van der Waals surface area contributed by atoms with Gasteiger partial charge in [0.05, 0.1) is 5.57 Å². The Kier molecular flexibility index (Phi) is 3.45. The molecule has 0 bridgehead atoms. The van der Waals surface area contributed by atoms with E-state index in [4.69, 9.17) is 10.5 Å². The van der Waals surface area contributed by atoms with Gasteiger partial charge in [-0.2, -0.15) is 5.26 Å². The number of nitrogens with zero attached hydrogens (tertiary/aromatic N) is 2. The average Bonchev–Trinajstić information content (AvgIpc) is 2.84. The Bertz CT molecular complexity index is 953. The molecule has 26 heavy (non-hydrogen) atoms. The van der Waals surface area contributed by atoms with E-state index in [1.54, 1.807) is 11.0 Å². The number of hydrogen-bond acceptors (Lipinski definition) is 5. The molecule has 2 heterocycles. The van der Waals surface area contributed by atoms with Crippen LogP contribution < -0.4 is 10.6 Å². The molecule has 6 nitrogen and oxygen atoms in total. The number of allylic oxidation sites excluding steroid dienone is 1. The van der Waals surface area contributed by atoms with Crippen LogP contribution in [0, 0.1) is 17.2 Å². The first-order valence-corrected chi connectivity index (χ1v) is 8.73. The van der Waals surface area contributed by atoms with E-state index in [-0.39, 0.29) is 34.6 Å². The molecule has 1 aliphatic carbocycles. The second kappa shape index (κ2) is 5.46. The lowest BCUT2D eigenvalue weighted by atomic mass is 9.64.